The van der Waals surface area contributed by atoms with Crippen molar-refractivity contribution in [3.63, 3.8) is 0 Å². The molecule has 1 aromatic heterocycles. The molecule has 1 aromatic carbocycles. The molecule has 1 heterocycles. The molecule has 0 N–H and O–H groups in total. The molecule has 0 saturated carbocycles. The Morgan fingerprint density at radius 3 is 1.80 bits per heavy atom. The number of aromatic nitrogens is 3. The molecule has 0 atom stereocenters. The topological polar surface area (TPSA) is 48.9 Å². The van der Waals surface area contributed by atoms with Gasteiger partial charge in [0.25, 0.3) is 0 Å². The highest BCUT2D eigenvalue weighted by atomic mass is 16.2. The number of nitrogens with zero attached hydrogens (tertiary/aromatic N) is 3. The summed E-state index contributed by atoms with van der Waals surface area (Å²) in [6.45, 7) is 0. The Bertz CT molecular complexity index is 556. The summed E-state index contributed by atoms with van der Waals surface area (Å²) in [5, 5.41) is 0. The zero-order valence-electron chi connectivity index (χ0n) is 8.54. The van der Waals surface area contributed by atoms with Gasteiger partial charge in [0.1, 0.15) is 0 Å². The Morgan fingerprint density at radius 1 is 0.867 bits per heavy atom. The zero-order chi connectivity index (χ0) is 11.0. The van der Waals surface area contributed by atoms with E-state index < -0.39 is 0 Å². The lowest BCUT2D eigenvalue weighted by molar-refractivity contribution is 0.565. The summed E-state index contributed by atoms with van der Waals surface area (Å²) in [5.41, 5.74) is -0.0916. The quantitative estimate of drug-likeness (QED) is 0.651. The largest absolute Gasteiger partial charge is 0.351 e. The van der Waals surface area contributed by atoms with Crippen LogP contribution in [0.1, 0.15) is 0 Å². The van der Waals surface area contributed by atoms with Crippen LogP contribution >= 0.6 is 0 Å². The highest BCUT2D eigenvalue weighted by molar-refractivity contribution is 5.30. The van der Waals surface area contributed by atoms with Crippen LogP contribution in [-0.4, -0.2) is 13.9 Å². The van der Waals surface area contributed by atoms with E-state index in [4.69, 9.17) is 0 Å². The fraction of sp³-hybridized carbons (Fsp3) is 0.200. The van der Waals surface area contributed by atoms with Gasteiger partial charge in [-0.05, 0) is 12.1 Å². The second kappa shape index (κ2) is 3.27. The van der Waals surface area contributed by atoms with Gasteiger partial charge in [0.15, 0.2) is 0 Å². The lowest BCUT2D eigenvalue weighted by atomic mass is 10.3. The minimum Gasteiger partial charge on any atom is -0.246 e. The molecule has 0 amide bonds. The van der Waals surface area contributed by atoms with Gasteiger partial charge in [-0.15, -0.1) is 0 Å². The fourth-order valence-electron chi connectivity index (χ4n) is 1.43. The maximum atomic E-state index is 11.7. The van der Waals surface area contributed by atoms with Crippen LogP contribution in [0.15, 0.2) is 39.9 Å². The van der Waals surface area contributed by atoms with E-state index in [2.05, 4.69) is 0 Å². The monoisotopic (exact) mass is 205 g/mol. The van der Waals surface area contributed by atoms with E-state index in [0.29, 0.717) is 5.69 Å². The number of hydrogen-bond donors (Lipinski definition) is 0. The van der Waals surface area contributed by atoms with E-state index in [1.165, 1.54) is 9.36 Å². The SMILES string of the molecule is Cn1c(=O)n(-c2ccccc2)c(=O)n1C. The first-order valence-electron chi connectivity index (χ1n) is 4.53. The molecule has 0 radical (unpaired) electrons. The lowest BCUT2D eigenvalue weighted by Crippen LogP contribution is -2.26. The van der Waals surface area contributed by atoms with Gasteiger partial charge in [0.05, 0.1) is 5.69 Å². The van der Waals surface area contributed by atoms with Gasteiger partial charge in [0, 0.05) is 14.1 Å². The molecule has 15 heavy (non-hydrogen) atoms. The van der Waals surface area contributed by atoms with Gasteiger partial charge in [0.2, 0.25) is 0 Å². The number of rotatable bonds is 1. The second-order valence-corrected chi connectivity index (χ2v) is 3.28. The summed E-state index contributed by atoms with van der Waals surface area (Å²) in [4.78, 5) is 23.4. The third kappa shape index (κ3) is 1.32. The van der Waals surface area contributed by atoms with E-state index in [-0.39, 0.29) is 11.4 Å². The molecular formula is C10H11N3O2. The maximum absolute atomic E-state index is 11.7. The van der Waals surface area contributed by atoms with Crippen LogP contribution < -0.4 is 11.4 Å². The first-order valence-corrected chi connectivity index (χ1v) is 4.53. The van der Waals surface area contributed by atoms with Crippen LogP contribution in [0.5, 0.6) is 0 Å². The summed E-state index contributed by atoms with van der Waals surface area (Å²) in [6, 6.07) is 8.86. The van der Waals surface area contributed by atoms with Crippen molar-refractivity contribution >= 4 is 0 Å². The first kappa shape index (κ1) is 9.51. The molecule has 0 saturated heterocycles. The molecule has 0 aliphatic heterocycles. The summed E-state index contributed by atoms with van der Waals surface area (Å²) < 4.78 is 3.69. The molecule has 2 aromatic rings. The van der Waals surface area contributed by atoms with Crippen LogP contribution in [0.3, 0.4) is 0 Å². The molecule has 5 heteroatoms. The Labute approximate surface area is 85.8 Å². The third-order valence-electron chi connectivity index (χ3n) is 2.40. The predicted molar refractivity (Wildman–Crippen MR) is 56.3 cm³/mol. The fourth-order valence-corrected chi connectivity index (χ4v) is 1.43. The molecule has 0 bridgehead atoms. The smallest absolute Gasteiger partial charge is 0.246 e. The van der Waals surface area contributed by atoms with Crippen LogP contribution in [-0.2, 0) is 14.1 Å². The van der Waals surface area contributed by atoms with E-state index in [0.717, 1.165) is 4.57 Å². The molecule has 0 spiro atoms. The molecule has 0 fully saturated rings. The van der Waals surface area contributed by atoms with Gasteiger partial charge in [-0.2, -0.15) is 0 Å². The number of para-hydroxylation sites is 1. The highest BCUT2D eigenvalue weighted by Gasteiger charge is 2.10. The van der Waals surface area contributed by atoms with E-state index >= 15 is 0 Å². The van der Waals surface area contributed by atoms with E-state index in [9.17, 15) is 9.59 Å². The van der Waals surface area contributed by atoms with Crippen molar-refractivity contribution in [2.24, 2.45) is 14.1 Å². The summed E-state index contributed by atoms with van der Waals surface area (Å²) in [7, 11) is 3.12. The van der Waals surface area contributed by atoms with Crippen molar-refractivity contribution in [3.05, 3.63) is 51.3 Å². The third-order valence-corrected chi connectivity index (χ3v) is 2.40. The average molecular weight is 205 g/mol. The molecule has 0 aliphatic rings. The molecule has 0 unspecified atom stereocenters. The molecule has 5 nitrogen and oxygen atoms in total. The van der Waals surface area contributed by atoms with E-state index in [1.807, 2.05) is 6.07 Å². The normalized spacial score (nSPS) is 10.5. The van der Waals surface area contributed by atoms with Gasteiger partial charge in [-0.3, -0.25) is 0 Å². The molecule has 0 aliphatic carbocycles. The Hall–Kier alpha value is -2.04. The zero-order valence-corrected chi connectivity index (χ0v) is 8.54. The van der Waals surface area contributed by atoms with Gasteiger partial charge in [-0.25, -0.2) is 23.5 Å². The maximum Gasteiger partial charge on any atom is 0.351 e. The van der Waals surface area contributed by atoms with Crippen LogP contribution in [0.2, 0.25) is 0 Å². The summed E-state index contributed by atoms with van der Waals surface area (Å²) >= 11 is 0. The molecule has 2 rings (SSSR count). The van der Waals surface area contributed by atoms with Gasteiger partial charge < -0.3 is 0 Å². The molecular weight excluding hydrogens is 194 g/mol. The highest BCUT2D eigenvalue weighted by Crippen LogP contribution is 1.99. The number of benzene rings is 1. The Morgan fingerprint density at radius 2 is 1.33 bits per heavy atom. The van der Waals surface area contributed by atoms with Crippen molar-refractivity contribution in [1.82, 2.24) is 13.9 Å². The van der Waals surface area contributed by atoms with E-state index in [1.54, 1.807) is 38.4 Å². The minimum atomic E-state index is -0.339. The van der Waals surface area contributed by atoms with Gasteiger partial charge in [-0.1, -0.05) is 18.2 Å². The minimum absolute atomic E-state index is 0.339. The first-order chi connectivity index (χ1) is 7.13. The Kier molecular flexibility index (Phi) is 2.07. The second-order valence-electron chi connectivity index (χ2n) is 3.28. The van der Waals surface area contributed by atoms with Gasteiger partial charge >= 0.3 is 11.4 Å². The average Bonchev–Trinajstić information content (AvgIpc) is 2.45. The van der Waals surface area contributed by atoms with Crippen molar-refractivity contribution in [1.29, 1.82) is 0 Å². The molecule has 78 valence electrons. The van der Waals surface area contributed by atoms with Crippen molar-refractivity contribution in [2.75, 3.05) is 0 Å². The van der Waals surface area contributed by atoms with Crippen molar-refractivity contribution in [2.45, 2.75) is 0 Å². The van der Waals surface area contributed by atoms with Crippen molar-refractivity contribution < 1.29 is 0 Å². The summed E-state index contributed by atoms with van der Waals surface area (Å²) in [6.07, 6.45) is 0. The number of hydrogen-bond acceptors (Lipinski definition) is 2. The lowest BCUT2D eigenvalue weighted by Gasteiger charge is -1.96. The predicted octanol–water partition coefficient (Wildman–Crippen LogP) is -0.125. The Balaban J connectivity index is 2.81. The van der Waals surface area contributed by atoms with Crippen LogP contribution in [0, 0.1) is 0 Å². The summed E-state index contributed by atoms with van der Waals surface area (Å²) in [5.74, 6) is 0. The van der Waals surface area contributed by atoms with Crippen LogP contribution in [0.4, 0.5) is 0 Å². The standard InChI is InChI=1S/C10H11N3O2/c1-11-9(14)13(10(15)12(11)2)8-6-4-3-5-7-8/h3-7H,1-2H3. The van der Waals surface area contributed by atoms with Crippen molar-refractivity contribution in [3.8, 4) is 5.69 Å². The van der Waals surface area contributed by atoms with Crippen LogP contribution in [0.25, 0.3) is 5.69 Å².